The number of anilines is 1. The van der Waals surface area contributed by atoms with E-state index in [0.717, 1.165) is 22.3 Å². The second-order valence-corrected chi connectivity index (χ2v) is 15.0. The molecule has 0 aliphatic heterocycles. The van der Waals surface area contributed by atoms with Crippen molar-refractivity contribution in [3.8, 4) is 11.1 Å². The zero-order valence-corrected chi connectivity index (χ0v) is 29.3. The van der Waals surface area contributed by atoms with Gasteiger partial charge in [0.25, 0.3) is 16.0 Å². The number of benzene rings is 4. The van der Waals surface area contributed by atoms with E-state index in [0.29, 0.717) is 16.1 Å². The van der Waals surface area contributed by atoms with Gasteiger partial charge < -0.3 is 10.6 Å². The summed E-state index contributed by atoms with van der Waals surface area (Å²) in [5.41, 5.74) is 4.61. The van der Waals surface area contributed by atoms with E-state index in [2.05, 4.69) is 37.5 Å². The lowest BCUT2D eigenvalue weighted by atomic mass is 9.89. The average molecular weight is 712 g/mol. The highest BCUT2D eigenvalue weighted by Crippen LogP contribution is 2.37. The van der Waals surface area contributed by atoms with E-state index in [4.69, 9.17) is 27.8 Å². The molecule has 4 rings (SSSR count). The van der Waals surface area contributed by atoms with Crippen LogP contribution in [-0.4, -0.2) is 37.1 Å². The van der Waals surface area contributed by atoms with Gasteiger partial charge in [-0.2, -0.15) is 8.42 Å². The second kappa shape index (κ2) is 15.5. The van der Waals surface area contributed by atoms with Crippen molar-refractivity contribution >= 4 is 56.9 Å². The van der Waals surface area contributed by atoms with Crippen LogP contribution in [0.2, 0.25) is 10.0 Å². The van der Waals surface area contributed by atoms with Crippen molar-refractivity contribution in [2.45, 2.75) is 40.0 Å². The molecule has 0 saturated carbocycles. The van der Waals surface area contributed by atoms with Gasteiger partial charge in [-0.25, -0.2) is 4.39 Å². The highest BCUT2D eigenvalue weighted by Gasteiger charge is 2.24. The fourth-order valence-corrected chi connectivity index (χ4v) is 5.83. The molecule has 0 aliphatic carbocycles. The third-order valence-electron chi connectivity index (χ3n) is 7.55. The summed E-state index contributed by atoms with van der Waals surface area (Å²) < 4.78 is 46.4. The molecule has 11 heteroatoms. The quantitative estimate of drug-likeness (QED) is 0.135. The van der Waals surface area contributed by atoms with Crippen molar-refractivity contribution in [2.75, 3.05) is 17.6 Å². The lowest BCUT2D eigenvalue weighted by Crippen LogP contribution is -2.28. The van der Waals surface area contributed by atoms with E-state index in [1.165, 1.54) is 6.07 Å². The molecule has 252 valence electrons. The van der Waals surface area contributed by atoms with E-state index in [9.17, 15) is 18.0 Å². The molecule has 0 bridgehead atoms. The van der Waals surface area contributed by atoms with Crippen molar-refractivity contribution in [1.82, 2.24) is 5.32 Å². The number of carbonyl (C=O) groups is 2. The first-order valence-corrected chi connectivity index (χ1v) is 17.5. The van der Waals surface area contributed by atoms with Gasteiger partial charge in [-0.15, -0.1) is 0 Å². The molecule has 48 heavy (non-hydrogen) atoms. The first kappa shape index (κ1) is 36.8. The van der Waals surface area contributed by atoms with Gasteiger partial charge in [-0.05, 0) is 76.9 Å². The normalized spacial score (nSPS) is 12.6. The number of rotatable bonds is 11. The molecule has 0 heterocycles. The van der Waals surface area contributed by atoms with Crippen molar-refractivity contribution in [3.63, 3.8) is 0 Å². The lowest BCUT2D eigenvalue weighted by molar-refractivity contribution is -0.117. The van der Waals surface area contributed by atoms with Crippen LogP contribution in [0.5, 0.6) is 0 Å². The van der Waals surface area contributed by atoms with Gasteiger partial charge >= 0.3 is 0 Å². The fraction of sp³-hybridized carbons (Fsp3) is 0.243. The molecule has 0 spiro atoms. The van der Waals surface area contributed by atoms with Crippen molar-refractivity contribution < 1.29 is 27.0 Å². The molecule has 0 aromatic heterocycles. The molecule has 2 amide bonds. The smallest absolute Gasteiger partial charge is 0.266 e. The summed E-state index contributed by atoms with van der Waals surface area (Å²) >= 11 is 12.6. The maximum atomic E-state index is 15.7. The highest BCUT2D eigenvalue weighted by molar-refractivity contribution is 7.85. The first-order valence-electron chi connectivity index (χ1n) is 15.2. The summed E-state index contributed by atoms with van der Waals surface area (Å²) in [5.74, 6) is -3.07. The molecule has 0 radical (unpaired) electrons. The predicted octanol–water partition coefficient (Wildman–Crippen LogP) is 8.75. The van der Waals surface area contributed by atoms with Crippen LogP contribution in [0.4, 0.5) is 10.1 Å². The van der Waals surface area contributed by atoms with E-state index >= 15 is 4.39 Å². The number of amides is 2. The maximum absolute atomic E-state index is 15.7. The van der Waals surface area contributed by atoms with E-state index < -0.39 is 39.4 Å². The molecule has 0 saturated heterocycles. The number of hydrogen-bond donors (Lipinski definition) is 3. The van der Waals surface area contributed by atoms with Gasteiger partial charge in [0, 0.05) is 22.7 Å². The third-order valence-corrected chi connectivity index (χ3v) is 8.88. The van der Waals surface area contributed by atoms with Gasteiger partial charge in [-0.1, -0.05) is 105 Å². The van der Waals surface area contributed by atoms with Gasteiger partial charge in [0.2, 0.25) is 5.91 Å². The molecular formula is C37H37Cl2FN2O5S. The minimum Gasteiger partial charge on any atom is -0.351 e. The average Bonchev–Trinajstić information content (AvgIpc) is 3.01. The van der Waals surface area contributed by atoms with E-state index in [1.807, 2.05) is 37.3 Å². The standard InChI is InChI=1S/C37H37Cl2FN2O5S/c1-23-21-28(38)13-14-29(23)30-15-16-32(34(40)33(30)39)42-36(44)31(26-9-5-24(6-10-26)17-18-37(2,3)4)22-25-7-11-27(12-8-25)35(43)41-19-20-48(45,46)47/h5-18,21,31H,19-20,22H2,1-4H3,(H,41,43)(H,42,44)(H,45,46,47)/b18-17+. The molecule has 7 nitrogen and oxygen atoms in total. The Hall–Kier alpha value is -4.02. The van der Waals surface area contributed by atoms with E-state index in [-0.39, 0.29) is 34.7 Å². The van der Waals surface area contributed by atoms with Gasteiger partial charge in [-0.3, -0.25) is 14.1 Å². The zero-order valence-electron chi connectivity index (χ0n) is 27.0. The molecule has 4 aromatic rings. The van der Waals surface area contributed by atoms with Crippen LogP contribution in [0.25, 0.3) is 17.2 Å². The Labute approximate surface area is 290 Å². The fourth-order valence-electron chi connectivity index (χ4n) is 4.97. The SMILES string of the molecule is Cc1cc(Cl)ccc1-c1ccc(NC(=O)C(Cc2ccc(C(=O)NCCS(=O)(=O)O)cc2)c2ccc(/C=C/C(C)(C)C)cc2)c(F)c1Cl. The minimum absolute atomic E-state index is 0.00611. The summed E-state index contributed by atoms with van der Waals surface area (Å²) in [6.07, 6.45) is 4.33. The highest BCUT2D eigenvalue weighted by atomic mass is 35.5. The summed E-state index contributed by atoms with van der Waals surface area (Å²) in [6.45, 7) is 7.90. The van der Waals surface area contributed by atoms with Gasteiger partial charge in [0.15, 0.2) is 5.82 Å². The van der Waals surface area contributed by atoms with Gasteiger partial charge in [0.1, 0.15) is 0 Å². The number of halogens is 3. The Kier molecular flexibility index (Phi) is 11.9. The largest absolute Gasteiger partial charge is 0.351 e. The molecule has 0 aliphatic rings. The molecule has 0 fully saturated rings. The van der Waals surface area contributed by atoms with E-state index in [1.54, 1.807) is 48.5 Å². The molecular weight excluding hydrogens is 674 g/mol. The Morgan fingerprint density at radius 2 is 1.58 bits per heavy atom. The Morgan fingerprint density at radius 1 is 0.938 bits per heavy atom. The number of hydrogen-bond acceptors (Lipinski definition) is 4. The number of nitrogens with one attached hydrogen (secondary N) is 2. The maximum Gasteiger partial charge on any atom is 0.266 e. The molecule has 1 atom stereocenters. The summed E-state index contributed by atoms with van der Waals surface area (Å²) in [4.78, 5) is 26.3. The summed E-state index contributed by atoms with van der Waals surface area (Å²) in [7, 11) is -4.21. The van der Waals surface area contributed by atoms with Crippen LogP contribution in [0, 0.1) is 18.2 Å². The van der Waals surface area contributed by atoms with Crippen molar-refractivity contribution in [1.29, 1.82) is 0 Å². The van der Waals surface area contributed by atoms with Crippen LogP contribution >= 0.6 is 23.2 Å². The van der Waals surface area contributed by atoms with Crippen LogP contribution in [0.1, 0.15) is 59.3 Å². The van der Waals surface area contributed by atoms with Crippen LogP contribution in [0.3, 0.4) is 0 Å². The Balaban J connectivity index is 1.60. The molecule has 1 unspecified atom stereocenters. The summed E-state index contributed by atoms with van der Waals surface area (Å²) in [5, 5.41) is 5.59. The predicted molar refractivity (Wildman–Crippen MR) is 192 cm³/mol. The third kappa shape index (κ3) is 10.2. The summed E-state index contributed by atoms with van der Waals surface area (Å²) in [6, 6.07) is 22.4. The van der Waals surface area contributed by atoms with Crippen LogP contribution < -0.4 is 10.6 Å². The second-order valence-electron chi connectivity index (χ2n) is 12.6. The topological polar surface area (TPSA) is 113 Å². The zero-order chi connectivity index (χ0) is 35.2. The Morgan fingerprint density at radius 3 is 2.19 bits per heavy atom. The number of allylic oxidation sites excluding steroid dienone is 1. The Bertz CT molecular complexity index is 1940. The lowest BCUT2D eigenvalue weighted by Gasteiger charge is -2.19. The van der Waals surface area contributed by atoms with Crippen molar-refractivity contribution in [2.24, 2.45) is 5.41 Å². The molecule has 4 aromatic carbocycles. The first-order chi connectivity index (χ1) is 22.5. The van der Waals surface area contributed by atoms with Crippen LogP contribution in [-0.2, 0) is 21.3 Å². The number of aryl methyl sites for hydroxylation is 1. The molecule has 3 N–H and O–H groups in total. The van der Waals surface area contributed by atoms with Crippen molar-refractivity contribution in [3.05, 3.63) is 129 Å². The van der Waals surface area contributed by atoms with Crippen LogP contribution in [0.15, 0.2) is 84.9 Å². The van der Waals surface area contributed by atoms with Gasteiger partial charge in [0.05, 0.1) is 22.4 Å². The number of carbonyl (C=O) groups excluding carboxylic acids is 2. The monoisotopic (exact) mass is 710 g/mol. The minimum atomic E-state index is -4.21.